The fourth-order valence-corrected chi connectivity index (χ4v) is 4.31. The average molecular weight is 324 g/mol. The van der Waals surface area contributed by atoms with Gasteiger partial charge in [0.15, 0.2) is 0 Å². The number of rotatable bonds is 3. The van der Waals surface area contributed by atoms with Crippen LogP contribution in [0.4, 0.5) is 10.1 Å². The summed E-state index contributed by atoms with van der Waals surface area (Å²) in [6.45, 7) is 6.81. The van der Waals surface area contributed by atoms with E-state index in [1.807, 2.05) is 12.1 Å². The van der Waals surface area contributed by atoms with Crippen LogP contribution in [0.3, 0.4) is 0 Å². The summed E-state index contributed by atoms with van der Waals surface area (Å²) in [6, 6.07) is 16.4. The van der Waals surface area contributed by atoms with Crippen molar-refractivity contribution in [2.45, 2.75) is 31.7 Å². The molecular formula is C21H25FN2. The lowest BCUT2D eigenvalue weighted by Gasteiger charge is -2.38. The summed E-state index contributed by atoms with van der Waals surface area (Å²) in [5.41, 5.74) is 3.99. The van der Waals surface area contributed by atoms with E-state index in [0.29, 0.717) is 12.0 Å². The monoisotopic (exact) mass is 324 g/mol. The number of halogens is 1. The molecule has 1 fully saturated rings. The van der Waals surface area contributed by atoms with Crippen molar-refractivity contribution in [1.82, 2.24) is 4.90 Å². The second-order valence-electron chi connectivity index (χ2n) is 6.98. The van der Waals surface area contributed by atoms with Crippen molar-refractivity contribution in [3.05, 3.63) is 65.5 Å². The van der Waals surface area contributed by atoms with Gasteiger partial charge in [-0.15, -0.1) is 0 Å². The van der Waals surface area contributed by atoms with Crippen molar-refractivity contribution in [1.29, 1.82) is 0 Å². The summed E-state index contributed by atoms with van der Waals surface area (Å²) in [7, 11) is 0. The molecule has 0 aromatic heterocycles. The van der Waals surface area contributed by atoms with Crippen LogP contribution in [0.1, 0.15) is 36.8 Å². The first-order valence-electron chi connectivity index (χ1n) is 9.09. The van der Waals surface area contributed by atoms with Gasteiger partial charge in [-0.25, -0.2) is 4.39 Å². The van der Waals surface area contributed by atoms with Crippen LogP contribution >= 0.6 is 0 Å². The molecular weight excluding hydrogens is 299 g/mol. The van der Waals surface area contributed by atoms with Gasteiger partial charge in [-0.05, 0) is 48.7 Å². The predicted octanol–water partition coefficient (Wildman–Crippen LogP) is 4.26. The first-order valence-corrected chi connectivity index (χ1v) is 9.09. The van der Waals surface area contributed by atoms with Crippen LogP contribution in [0.15, 0.2) is 48.5 Å². The number of fused-ring (bicyclic) bond motifs is 1. The van der Waals surface area contributed by atoms with Crippen molar-refractivity contribution < 1.29 is 4.39 Å². The lowest BCUT2D eigenvalue weighted by molar-refractivity contribution is 0.219. The van der Waals surface area contributed by atoms with Gasteiger partial charge in [-0.2, -0.15) is 0 Å². The number of hydrogen-bond donors (Lipinski definition) is 0. The Morgan fingerprint density at radius 2 is 1.71 bits per heavy atom. The molecule has 3 heteroatoms. The van der Waals surface area contributed by atoms with Gasteiger partial charge in [-0.3, -0.25) is 0 Å². The Morgan fingerprint density at radius 1 is 1.00 bits per heavy atom. The Morgan fingerprint density at radius 3 is 2.42 bits per heavy atom. The maximum atomic E-state index is 13.3. The number of benzene rings is 2. The van der Waals surface area contributed by atoms with E-state index < -0.39 is 0 Å². The number of hydrogen-bond acceptors (Lipinski definition) is 2. The summed E-state index contributed by atoms with van der Waals surface area (Å²) in [6.07, 6.45) is 2.47. The Labute approximate surface area is 143 Å². The highest BCUT2D eigenvalue weighted by Crippen LogP contribution is 2.42. The van der Waals surface area contributed by atoms with Gasteiger partial charge in [0.05, 0.1) is 0 Å². The second kappa shape index (κ2) is 6.56. The molecule has 24 heavy (non-hydrogen) atoms. The standard InChI is InChI=1S/C21H25FN2/c1-2-23-13-11-18(12-14-23)24-15-20(16-7-9-17(22)10-8-16)19-5-3-4-6-21(19)24/h3-10,18,20H,2,11-15H2,1H3. The summed E-state index contributed by atoms with van der Waals surface area (Å²) in [5, 5.41) is 0. The fraction of sp³-hybridized carbons (Fsp3) is 0.429. The smallest absolute Gasteiger partial charge is 0.123 e. The number of anilines is 1. The van der Waals surface area contributed by atoms with Crippen LogP contribution in [-0.2, 0) is 0 Å². The van der Waals surface area contributed by atoms with E-state index in [1.54, 1.807) is 12.1 Å². The molecule has 1 saturated heterocycles. The predicted molar refractivity (Wildman–Crippen MR) is 97.2 cm³/mol. The number of para-hydroxylation sites is 1. The van der Waals surface area contributed by atoms with Gasteiger partial charge in [0, 0.05) is 37.3 Å². The molecule has 0 saturated carbocycles. The number of likely N-dealkylation sites (tertiary alicyclic amines) is 1. The van der Waals surface area contributed by atoms with Gasteiger partial charge in [0.25, 0.3) is 0 Å². The molecule has 2 nitrogen and oxygen atoms in total. The molecule has 0 spiro atoms. The van der Waals surface area contributed by atoms with Crippen molar-refractivity contribution in [2.75, 3.05) is 31.1 Å². The molecule has 0 amide bonds. The van der Waals surface area contributed by atoms with E-state index >= 15 is 0 Å². The molecule has 2 aliphatic rings. The van der Waals surface area contributed by atoms with Crippen LogP contribution in [0.5, 0.6) is 0 Å². The first-order chi connectivity index (χ1) is 11.8. The second-order valence-corrected chi connectivity index (χ2v) is 6.98. The molecule has 0 radical (unpaired) electrons. The minimum atomic E-state index is -0.158. The largest absolute Gasteiger partial charge is 0.367 e. The minimum absolute atomic E-state index is 0.158. The van der Waals surface area contributed by atoms with Gasteiger partial charge in [-0.1, -0.05) is 37.3 Å². The molecule has 2 aromatic carbocycles. The number of piperidine rings is 1. The molecule has 0 N–H and O–H groups in total. The first kappa shape index (κ1) is 15.6. The van der Waals surface area contributed by atoms with E-state index in [9.17, 15) is 4.39 Å². The summed E-state index contributed by atoms with van der Waals surface area (Å²) in [5.74, 6) is 0.194. The molecule has 2 aliphatic heterocycles. The Hall–Kier alpha value is -1.87. The maximum Gasteiger partial charge on any atom is 0.123 e. The zero-order valence-corrected chi connectivity index (χ0v) is 14.3. The van der Waals surface area contributed by atoms with Crippen molar-refractivity contribution in [2.24, 2.45) is 0 Å². The summed E-state index contributed by atoms with van der Waals surface area (Å²) < 4.78 is 13.3. The van der Waals surface area contributed by atoms with Gasteiger partial charge in [0.1, 0.15) is 5.82 Å². The van der Waals surface area contributed by atoms with E-state index in [2.05, 4.69) is 41.0 Å². The number of nitrogens with zero attached hydrogens (tertiary/aromatic N) is 2. The van der Waals surface area contributed by atoms with Gasteiger partial charge < -0.3 is 9.80 Å². The lowest BCUT2D eigenvalue weighted by Crippen LogP contribution is -2.44. The maximum absolute atomic E-state index is 13.3. The summed E-state index contributed by atoms with van der Waals surface area (Å²) in [4.78, 5) is 5.15. The SMILES string of the molecule is CCN1CCC(N2CC(c3ccc(F)cc3)c3ccccc32)CC1. The van der Waals surface area contributed by atoms with Crippen LogP contribution in [0.2, 0.25) is 0 Å². The van der Waals surface area contributed by atoms with E-state index in [4.69, 9.17) is 0 Å². The molecule has 1 atom stereocenters. The summed E-state index contributed by atoms with van der Waals surface area (Å²) >= 11 is 0. The molecule has 2 heterocycles. The Balaban J connectivity index is 1.60. The highest BCUT2D eigenvalue weighted by Gasteiger charge is 2.34. The van der Waals surface area contributed by atoms with Crippen LogP contribution in [0.25, 0.3) is 0 Å². The third-order valence-corrected chi connectivity index (χ3v) is 5.72. The molecule has 4 rings (SSSR count). The zero-order chi connectivity index (χ0) is 16.5. The van der Waals surface area contributed by atoms with Crippen LogP contribution < -0.4 is 4.90 Å². The highest BCUT2D eigenvalue weighted by atomic mass is 19.1. The van der Waals surface area contributed by atoms with E-state index in [1.165, 1.54) is 42.7 Å². The topological polar surface area (TPSA) is 6.48 Å². The quantitative estimate of drug-likeness (QED) is 0.832. The Kier molecular flexibility index (Phi) is 4.28. The highest BCUT2D eigenvalue weighted by molar-refractivity contribution is 5.63. The van der Waals surface area contributed by atoms with Crippen molar-refractivity contribution >= 4 is 5.69 Å². The molecule has 1 unspecified atom stereocenters. The van der Waals surface area contributed by atoms with Crippen LogP contribution in [0, 0.1) is 5.82 Å². The molecule has 0 bridgehead atoms. The normalized spacial score (nSPS) is 21.9. The van der Waals surface area contributed by atoms with Gasteiger partial charge in [0.2, 0.25) is 0 Å². The van der Waals surface area contributed by atoms with Crippen molar-refractivity contribution in [3.8, 4) is 0 Å². The molecule has 2 aromatic rings. The fourth-order valence-electron chi connectivity index (χ4n) is 4.31. The third-order valence-electron chi connectivity index (χ3n) is 5.72. The van der Waals surface area contributed by atoms with Crippen molar-refractivity contribution in [3.63, 3.8) is 0 Å². The average Bonchev–Trinajstić information content (AvgIpc) is 3.02. The zero-order valence-electron chi connectivity index (χ0n) is 14.3. The van der Waals surface area contributed by atoms with Crippen LogP contribution in [-0.4, -0.2) is 37.1 Å². The lowest BCUT2D eigenvalue weighted by atomic mass is 9.93. The third kappa shape index (κ3) is 2.82. The Bertz CT molecular complexity index is 689. The minimum Gasteiger partial charge on any atom is -0.367 e. The van der Waals surface area contributed by atoms with E-state index in [0.717, 1.165) is 13.1 Å². The molecule has 126 valence electrons. The molecule has 0 aliphatic carbocycles. The van der Waals surface area contributed by atoms with Gasteiger partial charge >= 0.3 is 0 Å². The van der Waals surface area contributed by atoms with E-state index in [-0.39, 0.29) is 5.82 Å².